The van der Waals surface area contributed by atoms with Gasteiger partial charge in [-0.05, 0) is 49.0 Å². The van der Waals surface area contributed by atoms with Crippen LogP contribution >= 0.6 is 0 Å². The molecule has 0 radical (unpaired) electrons. The Morgan fingerprint density at radius 3 is 2.80 bits per heavy atom. The lowest BCUT2D eigenvalue weighted by atomic mass is 10.0. The van der Waals surface area contributed by atoms with Gasteiger partial charge in [0.25, 0.3) is 0 Å². The highest BCUT2D eigenvalue weighted by Crippen LogP contribution is 2.31. The van der Waals surface area contributed by atoms with E-state index < -0.39 is 5.97 Å². The molecule has 0 saturated carbocycles. The SMILES string of the molecule is CO/C=C(\Oc1cc(C2=CCCC2)ccc1C)C(=O)O. The molecule has 0 heterocycles. The molecule has 0 amide bonds. The highest BCUT2D eigenvalue weighted by Gasteiger charge is 2.14. The van der Waals surface area contributed by atoms with Crippen LogP contribution in [0.25, 0.3) is 5.57 Å². The summed E-state index contributed by atoms with van der Waals surface area (Å²) in [6.45, 7) is 1.88. The summed E-state index contributed by atoms with van der Waals surface area (Å²) in [5, 5.41) is 9.05. The van der Waals surface area contributed by atoms with Gasteiger partial charge in [-0.25, -0.2) is 4.79 Å². The quantitative estimate of drug-likeness (QED) is 0.659. The lowest BCUT2D eigenvalue weighted by molar-refractivity contribution is -0.135. The highest BCUT2D eigenvalue weighted by atomic mass is 16.5. The fraction of sp³-hybridized carbons (Fsp3) is 0.312. The standard InChI is InChI=1S/C16H18O4/c1-11-7-8-13(12-5-3-4-6-12)9-14(11)20-15(10-19-2)16(17)18/h5,7-10H,3-4,6H2,1-2H3,(H,17,18)/b15-10-. The van der Waals surface area contributed by atoms with Crippen LogP contribution < -0.4 is 4.74 Å². The molecule has 0 aliphatic heterocycles. The van der Waals surface area contributed by atoms with Crippen LogP contribution in [0.1, 0.15) is 30.4 Å². The van der Waals surface area contributed by atoms with Gasteiger partial charge in [0.15, 0.2) is 0 Å². The summed E-state index contributed by atoms with van der Waals surface area (Å²) in [5.74, 6) is -0.842. The fourth-order valence-corrected chi connectivity index (χ4v) is 2.19. The van der Waals surface area contributed by atoms with Gasteiger partial charge in [0.05, 0.1) is 7.11 Å². The maximum atomic E-state index is 11.1. The summed E-state index contributed by atoms with van der Waals surface area (Å²) < 4.78 is 10.2. The summed E-state index contributed by atoms with van der Waals surface area (Å²) >= 11 is 0. The third-order valence-corrected chi connectivity index (χ3v) is 3.26. The van der Waals surface area contributed by atoms with Gasteiger partial charge in [-0.2, -0.15) is 0 Å². The number of aliphatic carboxylic acids is 1. The first kappa shape index (κ1) is 14.2. The Morgan fingerprint density at radius 1 is 1.40 bits per heavy atom. The van der Waals surface area contributed by atoms with Crippen molar-refractivity contribution in [2.75, 3.05) is 7.11 Å². The van der Waals surface area contributed by atoms with Crippen molar-refractivity contribution in [2.45, 2.75) is 26.2 Å². The summed E-state index contributed by atoms with van der Waals surface area (Å²) in [4.78, 5) is 11.1. The molecule has 1 aromatic carbocycles. The summed E-state index contributed by atoms with van der Waals surface area (Å²) in [6.07, 6.45) is 6.63. The summed E-state index contributed by atoms with van der Waals surface area (Å²) in [5.41, 5.74) is 3.27. The topological polar surface area (TPSA) is 55.8 Å². The van der Waals surface area contributed by atoms with E-state index in [1.165, 1.54) is 19.1 Å². The van der Waals surface area contributed by atoms with Crippen molar-refractivity contribution in [3.8, 4) is 5.75 Å². The molecular weight excluding hydrogens is 256 g/mol. The Kier molecular flexibility index (Phi) is 4.45. The fourth-order valence-electron chi connectivity index (χ4n) is 2.19. The van der Waals surface area contributed by atoms with Gasteiger partial charge in [-0.3, -0.25) is 0 Å². The van der Waals surface area contributed by atoms with Crippen molar-refractivity contribution in [3.05, 3.63) is 47.4 Å². The molecule has 0 fully saturated rings. The zero-order chi connectivity index (χ0) is 14.5. The number of rotatable bonds is 5. The molecular formula is C16H18O4. The second-order valence-electron chi connectivity index (χ2n) is 4.73. The van der Waals surface area contributed by atoms with Crippen LogP contribution in [-0.4, -0.2) is 18.2 Å². The molecule has 0 aromatic heterocycles. The average Bonchev–Trinajstić information content (AvgIpc) is 2.94. The number of methoxy groups -OCH3 is 1. The first-order valence-corrected chi connectivity index (χ1v) is 6.56. The van der Waals surface area contributed by atoms with Gasteiger partial charge in [0.1, 0.15) is 12.0 Å². The first-order valence-electron chi connectivity index (χ1n) is 6.56. The maximum Gasteiger partial charge on any atom is 0.375 e. The lowest BCUT2D eigenvalue weighted by Gasteiger charge is -2.11. The van der Waals surface area contributed by atoms with Gasteiger partial charge in [-0.15, -0.1) is 0 Å². The molecule has 1 N–H and O–H groups in total. The van der Waals surface area contributed by atoms with Crippen LogP contribution in [0.5, 0.6) is 5.75 Å². The van der Waals surface area contributed by atoms with Crippen LogP contribution in [-0.2, 0) is 9.53 Å². The van der Waals surface area contributed by atoms with Crippen LogP contribution in [0.3, 0.4) is 0 Å². The minimum Gasteiger partial charge on any atom is -0.500 e. The number of allylic oxidation sites excluding steroid dienone is 2. The van der Waals surface area contributed by atoms with Crippen LogP contribution in [0.4, 0.5) is 0 Å². The van der Waals surface area contributed by atoms with E-state index in [4.69, 9.17) is 14.6 Å². The number of hydrogen-bond acceptors (Lipinski definition) is 3. The molecule has 1 aromatic rings. The Morgan fingerprint density at radius 2 is 2.20 bits per heavy atom. The van der Waals surface area contributed by atoms with Crippen molar-refractivity contribution in [3.63, 3.8) is 0 Å². The van der Waals surface area contributed by atoms with E-state index in [9.17, 15) is 4.79 Å². The van der Waals surface area contributed by atoms with E-state index in [0.717, 1.165) is 30.2 Å². The van der Waals surface area contributed by atoms with Crippen LogP contribution in [0.2, 0.25) is 0 Å². The molecule has 0 bridgehead atoms. The predicted octanol–water partition coefficient (Wildman–Crippen LogP) is 3.51. The summed E-state index contributed by atoms with van der Waals surface area (Å²) in [7, 11) is 1.39. The minimum absolute atomic E-state index is 0.229. The van der Waals surface area contributed by atoms with E-state index in [1.807, 2.05) is 25.1 Å². The van der Waals surface area contributed by atoms with Gasteiger partial charge in [0, 0.05) is 0 Å². The Labute approximate surface area is 118 Å². The number of benzene rings is 1. The van der Waals surface area contributed by atoms with Crippen molar-refractivity contribution < 1.29 is 19.4 Å². The van der Waals surface area contributed by atoms with Crippen molar-refractivity contribution >= 4 is 11.5 Å². The number of carboxylic acid groups (broad SMARTS) is 1. The molecule has 0 spiro atoms. The van der Waals surface area contributed by atoms with Gasteiger partial charge in [0.2, 0.25) is 5.76 Å². The third-order valence-electron chi connectivity index (χ3n) is 3.26. The third kappa shape index (κ3) is 3.20. The monoisotopic (exact) mass is 274 g/mol. The number of ether oxygens (including phenoxy) is 2. The minimum atomic E-state index is -1.16. The first-order chi connectivity index (χ1) is 9.61. The van der Waals surface area contributed by atoms with Crippen molar-refractivity contribution in [2.24, 2.45) is 0 Å². The Balaban J connectivity index is 2.28. The largest absolute Gasteiger partial charge is 0.500 e. The van der Waals surface area contributed by atoms with Crippen molar-refractivity contribution in [1.82, 2.24) is 0 Å². The molecule has 0 atom stereocenters. The number of hydrogen-bond donors (Lipinski definition) is 1. The van der Waals surface area contributed by atoms with Gasteiger partial charge < -0.3 is 14.6 Å². The van der Waals surface area contributed by atoms with E-state index in [2.05, 4.69) is 6.08 Å². The number of carbonyl (C=O) groups is 1. The molecule has 1 aliphatic carbocycles. The molecule has 1 aliphatic rings. The second-order valence-corrected chi connectivity index (χ2v) is 4.73. The Hall–Kier alpha value is -2.23. The molecule has 4 nitrogen and oxygen atoms in total. The predicted molar refractivity (Wildman–Crippen MR) is 76.4 cm³/mol. The van der Waals surface area contributed by atoms with E-state index in [-0.39, 0.29) is 5.76 Å². The average molecular weight is 274 g/mol. The van der Waals surface area contributed by atoms with E-state index >= 15 is 0 Å². The summed E-state index contributed by atoms with van der Waals surface area (Å²) in [6, 6.07) is 5.87. The molecule has 20 heavy (non-hydrogen) atoms. The zero-order valence-corrected chi connectivity index (χ0v) is 11.7. The van der Waals surface area contributed by atoms with Crippen LogP contribution in [0, 0.1) is 6.92 Å². The highest BCUT2D eigenvalue weighted by molar-refractivity contribution is 5.84. The molecule has 2 rings (SSSR count). The van der Waals surface area contributed by atoms with E-state index in [0.29, 0.717) is 5.75 Å². The van der Waals surface area contributed by atoms with Crippen LogP contribution in [0.15, 0.2) is 36.3 Å². The normalized spacial score (nSPS) is 14.9. The second kappa shape index (κ2) is 6.28. The molecule has 0 unspecified atom stereocenters. The maximum absolute atomic E-state index is 11.1. The number of aryl methyl sites for hydroxylation is 1. The lowest BCUT2D eigenvalue weighted by Crippen LogP contribution is -2.09. The van der Waals surface area contributed by atoms with E-state index in [1.54, 1.807) is 0 Å². The van der Waals surface area contributed by atoms with Gasteiger partial charge >= 0.3 is 5.97 Å². The smallest absolute Gasteiger partial charge is 0.375 e. The van der Waals surface area contributed by atoms with Gasteiger partial charge in [-0.1, -0.05) is 18.2 Å². The number of carboxylic acids is 1. The molecule has 4 heteroatoms. The molecule has 106 valence electrons. The zero-order valence-electron chi connectivity index (χ0n) is 11.7. The van der Waals surface area contributed by atoms with Crippen molar-refractivity contribution in [1.29, 1.82) is 0 Å². The molecule has 0 saturated heterocycles. The Bertz CT molecular complexity index is 570.